The molecular formula is C14H20N2O4. The number of carboxylic acids is 1. The van der Waals surface area contributed by atoms with Crippen LogP contribution in [0.4, 0.5) is 10.5 Å². The molecule has 0 unspecified atom stereocenters. The predicted molar refractivity (Wildman–Crippen MR) is 76.4 cm³/mol. The maximum absolute atomic E-state index is 11.7. The zero-order chi connectivity index (χ0) is 15.3. The van der Waals surface area contributed by atoms with Crippen LogP contribution in [-0.4, -0.2) is 30.8 Å². The lowest BCUT2D eigenvalue weighted by atomic mass is 9.97. The van der Waals surface area contributed by atoms with Crippen LogP contribution in [0.1, 0.15) is 31.1 Å². The van der Waals surface area contributed by atoms with Gasteiger partial charge in [-0.15, -0.1) is 0 Å². The number of benzene rings is 1. The number of anilines is 1. The molecule has 20 heavy (non-hydrogen) atoms. The number of hydrogen-bond donors (Lipinski definition) is 3. The Kier molecular flexibility index (Phi) is 4.96. The van der Waals surface area contributed by atoms with Crippen molar-refractivity contribution < 1.29 is 19.4 Å². The van der Waals surface area contributed by atoms with Crippen molar-refractivity contribution in [2.75, 3.05) is 19.0 Å². The first-order chi connectivity index (χ1) is 9.23. The minimum absolute atomic E-state index is 0.0183. The summed E-state index contributed by atoms with van der Waals surface area (Å²) in [5.41, 5.74) is 0.160. The van der Waals surface area contributed by atoms with E-state index in [0.717, 1.165) is 0 Å². The van der Waals surface area contributed by atoms with E-state index in [-0.39, 0.29) is 16.7 Å². The van der Waals surface area contributed by atoms with Crippen molar-refractivity contribution in [2.45, 2.75) is 20.8 Å². The highest BCUT2D eigenvalue weighted by molar-refractivity contribution is 6.00. The average molecular weight is 280 g/mol. The van der Waals surface area contributed by atoms with Gasteiger partial charge in [0.1, 0.15) is 5.75 Å². The Balaban J connectivity index is 2.81. The first kappa shape index (κ1) is 15.8. The van der Waals surface area contributed by atoms with Gasteiger partial charge >= 0.3 is 12.0 Å². The summed E-state index contributed by atoms with van der Waals surface area (Å²) in [6.07, 6.45) is 0. The highest BCUT2D eigenvalue weighted by Gasteiger charge is 2.15. The number of hydrogen-bond acceptors (Lipinski definition) is 3. The van der Waals surface area contributed by atoms with Gasteiger partial charge in [0.15, 0.2) is 0 Å². The average Bonchev–Trinajstić information content (AvgIpc) is 2.35. The summed E-state index contributed by atoms with van der Waals surface area (Å²) < 4.78 is 4.97. The van der Waals surface area contributed by atoms with Gasteiger partial charge in [0.2, 0.25) is 0 Å². The van der Waals surface area contributed by atoms with Crippen molar-refractivity contribution in [3.8, 4) is 5.75 Å². The van der Waals surface area contributed by atoms with Crippen molar-refractivity contribution in [1.82, 2.24) is 5.32 Å². The van der Waals surface area contributed by atoms with Crippen molar-refractivity contribution in [3.05, 3.63) is 23.8 Å². The van der Waals surface area contributed by atoms with Gasteiger partial charge in [-0.3, -0.25) is 0 Å². The van der Waals surface area contributed by atoms with Gasteiger partial charge in [-0.25, -0.2) is 9.59 Å². The van der Waals surface area contributed by atoms with E-state index in [2.05, 4.69) is 10.6 Å². The fourth-order valence-corrected chi connectivity index (χ4v) is 1.45. The van der Waals surface area contributed by atoms with Crippen LogP contribution in [0.15, 0.2) is 18.2 Å². The van der Waals surface area contributed by atoms with E-state index < -0.39 is 12.0 Å². The number of amides is 2. The number of nitrogens with one attached hydrogen (secondary N) is 2. The van der Waals surface area contributed by atoms with Crippen LogP contribution in [0.5, 0.6) is 5.75 Å². The molecule has 0 radical (unpaired) electrons. The molecule has 0 spiro atoms. The second-order valence-electron chi connectivity index (χ2n) is 5.59. The Bertz CT molecular complexity index is 506. The van der Waals surface area contributed by atoms with Gasteiger partial charge in [0, 0.05) is 6.54 Å². The Hall–Kier alpha value is -2.24. The number of urea groups is 1. The minimum Gasteiger partial charge on any atom is -0.497 e. The Labute approximate surface area is 118 Å². The second-order valence-corrected chi connectivity index (χ2v) is 5.59. The molecule has 2 amide bonds. The summed E-state index contributed by atoms with van der Waals surface area (Å²) in [6, 6.07) is 4.01. The fourth-order valence-electron chi connectivity index (χ4n) is 1.45. The molecule has 0 heterocycles. The lowest BCUT2D eigenvalue weighted by molar-refractivity contribution is 0.0697. The van der Waals surface area contributed by atoms with Crippen LogP contribution in [0.3, 0.4) is 0 Å². The predicted octanol–water partition coefficient (Wildman–Crippen LogP) is 2.56. The van der Waals surface area contributed by atoms with Gasteiger partial charge in [0.25, 0.3) is 0 Å². The molecule has 3 N–H and O–H groups in total. The van der Waals surface area contributed by atoms with Crippen LogP contribution in [-0.2, 0) is 0 Å². The van der Waals surface area contributed by atoms with E-state index in [1.54, 1.807) is 6.07 Å². The third kappa shape index (κ3) is 4.79. The Morgan fingerprint density at radius 2 is 1.95 bits per heavy atom. The normalized spacial score (nSPS) is 10.8. The fraction of sp³-hybridized carbons (Fsp3) is 0.429. The molecule has 6 nitrogen and oxygen atoms in total. The molecule has 6 heteroatoms. The molecule has 0 atom stereocenters. The highest BCUT2D eigenvalue weighted by Crippen LogP contribution is 2.22. The van der Waals surface area contributed by atoms with Gasteiger partial charge in [-0.1, -0.05) is 20.8 Å². The SMILES string of the molecule is COc1ccc(NC(=O)NCC(C)(C)C)c(C(=O)O)c1. The standard InChI is InChI=1S/C14H20N2O4/c1-14(2,3)8-15-13(19)16-11-6-5-9(20-4)7-10(11)12(17)18/h5-7H,8H2,1-4H3,(H,17,18)(H2,15,16,19). The molecule has 0 bridgehead atoms. The highest BCUT2D eigenvalue weighted by atomic mass is 16.5. The van der Waals surface area contributed by atoms with Crippen molar-refractivity contribution in [3.63, 3.8) is 0 Å². The molecule has 0 aliphatic carbocycles. The molecule has 0 aromatic heterocycles. The largest absolute Gasteiger partial charge is 0.497 e. The molecule has 0 saturated heterocycles. The lowest BCUT2D eigenvalue weighted by Crippen LogP contribution is -2.35. The van der Waals surface area contributed by atoms with E-state index >= 15 is 0 Å². The summed E-state index contributed by atoms with van der Waals surface area (Å²) in [5.74, 6) is -0.710. The molecule has 110 valence electrons. The summed E-state index contributed by atoms with van der Waals surface area (Å²) in [7, 11) is 1.45. The van der Waals surface area contributed by atoms with E-state index in [1.807, 2.05) is 20.8 Å². The minimum atomic E-state index is -1.13. The maximum Gasteiger partial charge on any atom is 0.337 e. The van der Waals surface area contributed by atoms with Crippen molar-refractivity contribution in [2.24, 2.45) is 5.41 Å². The van der Waals surface area contributed by atoms with Crippen LogP contribution >= 0.6 is 0 Å². The molecule has 1 rings (SSSR count). The first-order valence-electron chi connectivity index (χ1n) is 6.19. The molecule has 0 fully saturated rings. The van der Waals surface area contributed by atoms with E-state index in [9.17, 15) is 9.59 Å². The van der Waals surface area contributed by atoms with Crippen LogP contribution in [0, 0.1) is 5.41 Å². The zero-order valence-electron chi connectivity index (χ0n) is 12.1. The molecule has 1 aromatic rings. The number of ether oxygens (including phenoxy) is 1. The number of carbonyl (C=O) groups excluding carboxylic acids is 1. The third-order valence-electron chi connectivity index (χ3n) is 2.48. The number of methoxy groups -OCH3 is 1. The van der Waals surface area contributed by atoms with Gasteiger partial charge in [-0.05, 0) is 23.6 Å². The first-order valence-corrected chi connectivity index (χ1v) is 6.19. The van der Waals surface area contributed by atoms with E-state index in [1.165, 1.54) is 19.2 Å². The molecule has 0 saturated carbocycles. The summed E-state index contributed by atoms with van der Waals surface area (Å²) in [6.45, 7) is 6.45. The van der Waals surface area contributed by atoms with Gasteiger partial charge in [-0.2, -0.15) is 0 Å². The third-order valence-corrected chi connectivity index (χ3v) is 2.48. The van der Waals surface area contributed by atoms with Crippen molar-refractivity contribution in [1.29, 1.82) is 0 Å². The summed E-state index contributed by atoms with van der Waals surface area (Å²) in [4.78, 5) is 22.9. The Morgan fingerprint density at radius 1 is 1.30 bits per heavy atom. The molecular weight excluding hydrogens is 260 g/mol. The van der Waals surface area contributed by atoms with E-state index in [0.29, 0.717) is 12.3 Å². The smallest absolute Gasteiger partial charge is 0.337 e. The molecule has 1 aromatic carbocycles. The molecule has 0 aliphatic rings. The lowest BCUT2D eigenvalue weighted by Gasteiger charge is -2.19. The second kappa shape index (κ2) is 6.27. The summed E-state index contributed by atoms with van der Waals surface area (Å²) in [5, 5.41) is 14.4. The topological polar surface area (TPSA) is 87.7 Å². The van der Waals surface area contributed by atoms with Crippen LogP contribution in [0.2, 0.25) is 0 Å². The quantitative estimate of drug-likeness (QED) is 0.791. The Morgan fingerprint density at radius 3 is 2.45 bits per heavy atom. The zero-order valence-corrected chi connectivity index (χ0v) is 12.1. The number of rotatable bonds is 4. The number of aromatic carboxylic acids is 1. The maximum atomic E-state index is 11.7. The van der Waals surface area contributed by atoms with E-state index in [4.69, 9.17) is 9.84 Å². The van der Waals surface area contributed by atoms with Crippen LogP contribution < -0.4 is 15.4 Å². The van der Waals surface area contributed by atoms with Crippen molar-refractivity contribution >= 4 is 17.7 Å². The van der Waals surface area contributed by atoms with Gasteiger partial charge in [0.05, 0.1) is 18.4 Å². The van der Waals surface area contributed by atoms with Gasteiger partial charge < -0.3 is 20.5 Å². The monoisotopic (exact) mass is 280 g/mol. The molecule has 0 aliphatic heterocycles. The number of carbonyl (C=O) groups is 2. The van der Waals surface area contributed by atoms with Crippen LogP contribution in [0.25, 0.3) is 0 Å². The summed E-state index contributed by atoms with van der Waals surface area (Å²) >= 11 is 0. The number of carboxylic acid groups (broad SMARTS) is 1.